The molecule has 0 aliphatic carbocycles. The molecule has 0 rings (SSSR count). The number of carboxylic acid groups (broad SMARTS) is 3. The third kappa shape index (κ3) is 49.9. The van der Waals surface area contributed by atoms with Crippen LogP contribution in [-0.4, -0.2) is 66.7 Å². The van der Waals surface area contributed by atoms with Crippen molar-refractivity contribution in [1.29, 1.82) is 0 Å². The summed E-state index contributed by atoms with van der Waals surface area (Å²) in [5, 5.41) is 28.5. The standard InChI is InChI=1S/3C2H3Cl2NO2.Al/c3*3-5(4)1-2(6)7;/h3*1H2,(H,6,7);/q;;;+3/p-3. The summed E-state index contributed by atoms with van der Waals surface area (Å²) in [5.74, 6) is -3.90. The molecule has 0 atom stereocenters. The molecule has 0 saturated carbocycles. The van der Waals surface area contributed by atoms with Gasteiger partial charge in [-0.1, -0.05) is 0 Å². The Bertz CT molecular complexity index is 276. The van der Waals surface area contributed by atoms with E-state index in [1.54, 1.807) is 0 Å². The van der Waals surface area contributed by atoms with Crippen molar-refractivity contribution >= 4 is 106 Å². The van der Waals surface area contributed by atoms with Gasteiger partial charge in [-0.05, 0) is 70.7 Å². The summed E-state index contributed by atoms with van der Waals surface area (Å²) in [6, 6.07) is 0. The number of carbonyl (C=O) groups is 3. The van der Waals surface area contributed by atoms with Crippen molar-refractivity contribution in [1.82, 2.24) is 11.8 Å². The summed E-state index contributed by atoms with van der Waals surface area (Å²) < 4.78 is 1.44. The molecule has 9 nitrogen and oxygen atoms in total. The maximum Gasteiger partial charge on any atom is 3.00 e. The molecule has 0 aromatic heterocycles. The normalized spacial score (nSPS) is 9.14. The van der Waals surface area contributed by atoms with Gasteiger partial charge in [0.1, 0.15) is 0 Å². The molecule has 0 saturated heterocycles. The molecule has 126 valence electrons. The van der Waals surface area contributed by atoms with Crippen molar-refractivity contribution in [2.24, 2.45) is 0 Å². The van der Waals surface area contributed by atoms with E-state index < -0.39 is 37.5 Å². The summed E-state index contributed by atoms with van der Waals surface area (Å²) in [6.45, 7) is -1.41. The zero-order valence-corrected chi connectivity index (χ0v) is 15.9. The third-order valence-corrected chi connectivity index (χ3v) is 1.46. The molecule has 0 aliphatic rings. The SMILES string of the molecule is O=C([O-])CN(Cl)Cl.O=C([O-])CN(Cl)Cl.O=C([O-])CN(Cl)Cl.[Al+3]. The number of halogens is 6. The Morgan fingerprint density at radius 3 is 0.727 bits per heavy atom. The summed E-state index contributed by atoms with van der Waals surface area (Å²) in [7, 11) is 0. The second-order valence-corrected chi connectivity index (χ2v) is 5.47. The van der Waals surface area contributed by atoms with Gasteiger partial charge in [0.2, 0.25) is 0 Å². The first-order valence-corrected chi connectivity index (χ1v) is 6.28. The van der Waals surface area contributed by atoms with Crippen LogP contribution in [0.5, 0.6) is 0 Å². The molecular formula is C6H6AlCl6N3O6. The van der Waals surface area contributed by atoms with E-state index in [9.17, 15) is 29.7 Å². The van der Waals surface area contributed by atoms with Crippen LogP contribution in [-0.2, 0) is 14.4 Å². The first-order valence-electron chi connectivity index (χ1n) is 4.25. The van der Waals surface area contributed by atoms with E-state index in [1.165, 1.54) is 0 Å². The number of hydrogen-bond donors (Lipinski definition) is 0. The van der Waals surface area contributed by atoms with Gasteiger partial charge in [-0.25, -0.2) is 0 Å². The van der Waals surface area contributed by atoms with Crippen LogP contribution in [0.2, 0.25) is 0 Å². The smallest absolute Gasteiger partial charge is 0.549 e. The molecule has 0 amide bonds. The number of carboxylic acids is 3. The maximum absolute atomic E-state index is 9.49. The Morgan fingerprint density at radius 1 is 0.591 bits per heavy atom. The van der Waals surface area contributed by atoms with E-state index in [0.29, 0.717) is 11.8 Å². The van der Waals surface area contributed by atoms with E-state index in [-0.39, 0.29) is 17.4 Å². The number of nitrogens with zero attached hydrogens (tertiary/aromatic N) is 3. The molecule has 0 aliphatic heterocycles. The van der Waals surface area contributed by atoms with Gasteiger partial charge in [-0.15, -0.1) is 11.8 Å². The average Bonchev–Trinajstić information content (AvgIpc) is 2.10. The molecule has 0 heterocycles. The molecule has 0 fully saturated rings. The number of aliphatic carboxylic acids is 3. The molecule has 22 heavy (non-hydrogen) atoms. The van der Waals surface area contributed by atoms with Crippen LogP contribution < -0.4 is 15.3 Å². The zero-order valence-electron chi connectivity index (χ0n) is 10.3. The molecule has 0 radical (unpaired) electrons. The van der Waals surface area contributed by atoms with Gasteiger partial charge in [0.15, 0.2) is 0 Å². The molecule has 0 spiro atoms. The van der Waals surface area contributed by atoms with Crippen molar-refractivity contribution < 1.29 is 29.7 Å². The maximum atomic E-state index is 9.49. The monoisotopic (exact) mass is 453 g/mol. The fraction of sp³-hybridized carbons (Fsp3) is 0.500. The number of rotatable bonds is 6. The Kier molecular flexibility index (Phi) is 27.1. The fourth-order valence-electron chi connectivity index (χ4n) is 0.293. The van der Waals surface area contributed by atoms with Crippen molar-refractivity contribution in [2.45, 2.75) is 0 Å². The Labute approximate surface area is 166 Å². The predicted octanol–water partition coefficient (Wildman–Crippen LogP) is -2.34. The summed E-state index contributed by atoms with van der Waals surface area (Å²) in [6.07, 6.45) is 0. The van der Waals surface area contributed by atoms with Gasteiger partial charge < -0.3 is 29.7 Å². The summed E-state index contributed by atoms with van der Waals surface area (Å²) in [5.41, 5.74) is 0. The fourth-order valence-corrected chi connectivity index (χ4v) is 0.878. The molecule has 0 unspecified atom stereocenters. The average molecular weight is 456 g/mol. The van der Waals surface area contributed by atoms with Crippen molar-refractivity contribution in [3.63, 3.8) is 0 Å². The van der Waals surface area contributed by atoms with Crippen molar-refractivity contribution in [3.8, 4) is 0 Å². The summed E-state index contributed by atoms with van der Waals surface area (Å²) in [4.78, 5) is 28.5. The van der Waals surface area contributed by atoms with E-state index in [1.807, 2.05) is 0 Å². The van der Waals surface area contributed by atoms with Crippen LogP contribution in [0.1, 0.15) is 0 Å². The zero-order chi connectivity index (χ0) is 17.6. The minimum absolute atomic E-state index is 0. The third-order valence-electron chi connectivity index (χ3n) is 0.746. The van der Waals surface area contributed by atoms with Crippen LogP contribution in [0.3, 0.4) is 0 Å². The largest absolute Gasteiger partial charge is 3.00 e. The van der Waals surface area contributed by atoms with Crippen LogP contribution >= 0.6 is 70.7 Å². The molecule has 0 bridgehead atoms. The minimum atomic E-state index is -1.30. The molecular weight excluding hydrogens is 450 g/mol. The first-order chi connectivity index (χ1) is 9.38. The van der Waals surface area contributed by atoms with Gasteiger partial charge >= 0.3 is 17.4 Å². The first kappa shape index (κ1) is 30.4. The summed E-state index contributed by atoms with van der Waals surface area (Å²) >= 11 is 29.1. The molecule has 16 heteroatoms. The Balaban J connectivity index is -0.000000108. The quantitative estimate of drug-likeness (QED) is 0.319. The Hall–Kier alpha value is 0.562. The van der Waals surface area contributed by atoms with Crippen LogP contribution in [0.25, 0.3) is 0 Å². The van der Waals surface area contributed by atoms with Gasteiger partial charge in [-0.3, -0.25) is 0 Å². The van der Waals surface area contributed by atoms with Crippen molar-refractivity contribution in [3.05, 3.63) is 0 Å². The number of hydrogen-bond acceptors (Lipinski definition) is 9. The predicted molar refractivity (Wildman–Crippen MR) is 76.0 cm³/mol. The van der Waals surface area contributed by atoms with E-state index in [0.717, 1.165) is 0 Å². The van der Waals surface area contributed by atoms with Gasteiger partial charge in [0.25, 0.3) is 0 Å². The van der Waals surface area contributed by atoms with Gasteiger partial charge in [0, 0.05) is 0 Å². The topological polar surface area (TPSA) is 130 Å². The van der Waals surface area contributed by atoms with Crippen LogP contribution in [0.4, 0.5) is 0 Å². The van der Waals surface area contributed by atoms with Crippen molar-refractivity contribution in [2.75, 3.05) is 19.6 Å². The second-order valence-electron chi connectivity index (χ2n) is 2.50. The number of carbonyl (C=O) groups excluding carboxylic acids is 3. The molecule has 0 aromatic rings. The van der Waals surface area contributed by atoms with E-state index in [2.05, 4.69) is 0 Å². The minimum Gasteiger partial charge on any atom is -0.549 e. The Morgan fingerprint density at radius 2 is 0.727 bits per heavy atom. The van der Waals surface area contributed by atoms with E-state index >= 15 is 0 Å². The second kappa shape index (κ2) is 19.6. The van der Waals surface area contributed by atoms with Crippen LogP contribution in [0.15, 0.2) is 0 Å². The van der Waals surface area contributed by atoms with Gasteiger partial charge in [0.05, 0.1) is 37.5 Å². The molecule has 0 aromatic carbocycles. The van der Waals surface area contributed by atoms with E-state index in [4.69, 9.17) is 70.7 Å². The van der Waals surface area contributed by atoms with Gasteiger partial charge in [-0.2, -0.15) is 0 Å². The molecule has 0 N–H and O–H groups in total. The van der Waals surface area contributed by atoms with Crippen LogP contribution in [0, 0.1) is 0 Å².